The molecule has 0 fully saturated rings. The minimum absolute atomic E-state index is 0.345. The van der Waals surface area contributed by atoms with Crippen LogP contribution in [0, 0.1) is 6.92 Å². The number of rotatable bonds is 7. The molecule has 16 heavy (non-hydrogen) atoms. The fourth-order valence-corrected chi connectivity index (χ4v) is 2.40. The van der Waals surface area contributed by atoms with Crippen LogP contribution in [0.5, 0.6) is 0 Å². The van der Waals surface area contributed by atoms with Crippen molar-refractivity contribution in [3.05, 3.63) is 21.9 Å². The Labute approximate surface area is 103 Å². The second-order valence-electron chi connectivity index (χ2n) is 4.40. The summed E-state index contributed by atoms with van der Waals surface area (Å²) in [7, 11) is 0. The number of hydrogen-bond donors (Lipinski definition) is 1. The summed E-state index contributed by atoms with van der Waals surface area (Å²) in [5.41, 5.74) is 0. The first-order valence-electron chi connectivity index (χ1n) is 6.01. The fourth-order valence-electron chi connectivity index (χ4n) is 1.50. The molecule has 3 heteroatoms. The van der Waals surface area contributed by atoms with Crippen LogP contribution in [0.15, 0.2) is 12.1 Å². The molecule has 1 aromatic heterocycles. The van der Waals surface area contributed by atoms with Crippen molar-refractivity contribution >= 4 is 11.3 Å². The molecule has 92 valence electrons. The molecule has 0 saturated heterocycles. The summed E-state index contributed by atoms with van der Waals surface area (Å²) >= 11 is 1.87. The Morgan fingerprint density at radius 1 is 1.31 bits per heavy atom. The Balaban J connectivity index is 2.13. The van der Waals surface area contributed by atoms with Crippen LogP contribution < -0.4 is 5.32 Å². The van der Waals surface area contributed by atoms with E-state index in [2.05, 4.69) is 45.1 Å². The summed E-state index contributed by atoms with van der Waals surface area (Å²) in [6, 6.07) is 4.85. The first kappa shape index (κ1) is 13.7. The molecular weight excluding hydrogens is 218 g/mol. The van der Waals surface area contributed by atoms with Crippen molar-refractivity contribution in [3.63, 3.8) is 0 Å². The molecule has 0 aliphatic rings. The van der Waals surface area contributed by atoms with Gasteiger partial charge in [-0.25, -0.2) is 0 Å². The van der Waals surface area contributed by atoms with Gasteiger partial charge in [0.25, 0.3) is 0 Å². The van der Waals surface area contributed by atoms with Crippen molar-refractivity contribution in [1.29, 1.82) is 0 Å². The van der Waals surface area contributed by atoms with E-state index in [9.17, 15) is 0 Å². The van der Waals surface area contributed by atoms with Gasteiger partial charge in [-0.15, -0.1) is 11.3 Å². The number of nitrogens with one attached hydrogen (secondary N) is 1. The van der Waals surface area contributed by atoms with Crippen LogP contribution in [0.2, 0.25) is 0 Å². The summed E-state index contributed by atoms with van der Waals surface area (Å²) in [6.45, 7) is 10.4. The molecule has 0 aliphatic carbocycles. The number of hydrogen-bond acceptors (Lipinski definition) is 3. The van der Waals surface area contributed by atoms with Crippen molar-refractivity contribution in [2.45, 2.75) is 46.3 Å². The first-order chi connectivity index (χ1) is 7.59. The molecule has 0 amide bonds. The van der Waals surface area contributed by atoms with E-state index in [4.69, 9.17) is 4.74 Å². The van der Waals surface area contributed by atoms with Gasteiger partial charge in [-0.2, -0.15) is 0 Å². The van der Waals surface area contributed by atoms with Gasteiger partial charge in [0.2, 0.25) is 0 Å². The van der Waals surface area contributed by atoms with Crippen molar-refractivity contribution in [2.24, 2.45) is 0 Å². The van der Waals surface area contributed by atoms with E-state index >= 15 is 0 Å². The summed E-state index contributed by atoms with van der Waals surface area (Å²) < 4.78 is 5.50. The monoisotopic (exact) mass is 241 g/mol. The smallest absolute Gasteiger partial charge is 0.0518 e. The van der Waals surface area contributed by atoms with Crippen LogP contribution in [0.4, 0.5) is 0 Å². The van der Waals surface area contributed by atoms with Gasteiger partial charge in [0.05, 0.1) is 6.10 Å². The summed E-state index contributed by atoms with van der Waals surface area (Å²) in [4.78, 5) is 2.80. The maximum Gasteiger partial charge on any atom is 0.0518 e. The van der Waals surface area contributed by atoms with Gasteiger partial charge in [-0.3, -0.25) is 0 Å². The Bertz CT molecular complexity index is 296. The zero-order valence-corrected chi connectivity index (χ0v) is 11.6. The van der Waals surface area contributed by atoms with Crippen molar-refractivity contribution in [3.8, 4) is 0 Å². The maximum absolute atomic E-state index is 5.50. The average Bonchev–Trinajstić information content (AvgIpc) is 2.63. The molecule has 0 radical (unpaired) electrons. The maximum atomic E-state index is 5.50. The van der Waals surface area contributed by atoms with E-state index in [1.807, 2.05) is 11.3 Å². The minimum Gasteiger partial charge on any atom is -0.379 e. The fraction of sp³-hybridized carbons (Fsp3) is 0.692. The minimum atomic E-state index is 0.345. The highest BCUT2D eigenvalue weighted by Crippen LogP contribution is 2.21. The van der Waals surface area contributed by atoms with Crippen molar-refractivity contribution < 1.29 is 4.74 Å². The third-order valence-corrected chi connectivity index (χ3v) is 3.59. The third kappa shape index (κ3) is 5.10. The van der Waals surface area contributed by atoms with Crippen LogP contribution in [-0.4, -0.2) is 19.3 Å². The van der Waals surface area contributed by atoms with Gasteiger partial charge < -0.3 is 10.1 Å². The zero-order chi connectivity index (χ0) is 12.0. The highest BCUT2D eigenvalue weighted by molar-refractivity contribution is 7.12. The highest BCUT2D eigenvalue weighted by Gasteiger charge is 2.06. The second kappa shape index (κ2) is 7.05. The predicted octanol–water partition coefficient (Wildman–Crippen LogP) is 3.52. The van der Waals surface area contributed by atoms with Crippen molar-refractivity contribution in [1.82, 2.24) is 5.32 Å². The summed E-state index contributed by atoms with van der Waals surface area (Å²) in [5, 5.41) is 3.52. The second-order valence-corrected chi connectivity index (χ2v) is 5.72. The quantitative estimate of drug-likeness (QED) is 0.737. The molecule has 0 spiro atoms. The Kier molecular flexibility index (Phi) is 6.03. The first-order valence-corrected chi connectivity index (χ1v) is 6.82. The standard InChI is InChI=1S/C13H23NOS/c1-10(2)15-9-5-8-14-12(4)13-7-6-11(3)16-13/h6-7,10,12,14H,5,8-9H2,1-4H3. The summed E-state index contributed by atoms with van der Waals surface area (Å²) in [6.07, 6.45) is 1.42. The van der Waals surface area contributed by atoms with E-state index in [1.54, 1.807) is 0 Å². The van der Waals surface area contributed by atoms with Gasteiger partial charge >= 0.3 is 0 Å². The molecule has 0 bridgehead atoms. The van der Waals surface area contributed by atoms with E-state index in [0.717, 1.165) is 19.6 Å². The van der Waals surface area contributed by atoms with Crippen LogP contribution >= 0.6 is 11.3 Å². The Morgan fingerprint density at radius 2 is 2.06 bits per heavy atom. The summed E-state index contributed by atoms with van der Waals surface area (Å²) in [5.74, 6) is 0. The van der Waals surface area contributed by atoms with Crippen LogP contribution in [0.3, 0.4) is 0 Å². The lowest BCUT2D eigenvalue weighted by Gasteiger charge is -2.12. The lowest BCUT2D eigenvalue weighted by atomic mass is 10.2. The van der Waals surface area contributed by atoms with E-state index in [1.165, 1.54) is 9.75 Å². The topological polar surface area (TPSA) is 21.3 Å². The van der Waals surface area contributed by atoms with Gasteiger partial charge in [0, 0.05) is 22.4 Å². The van der Waals surface area contributed by atoms with Gasteiger partial charge in [0.1, 0.15) is 0 Å². The molecular formula is C13H23NOS. The number of ether oxygens (including phenoxy) is 1. The Morgan fingerprint density at radius 3 is 2.62 bits per heavy atom. The lowest BCUT2D eigenvalue weighted by Crippen LogP contribution is -2.20. The predicted molar refractivity (Wildman–Crippen MR) is 71.2 cm³/mol. The van der Waals surface area contributed by atoms with Gasteiger partial charge in [-0.05, 0) is 52.8 Å². The average molecular weight is 241 g/mol. The molecule has 1 unspecified atom stereocenters. The molecule has 1 atom stereocenters. The van der Waals surface area contributed by atoms with Crippen LogP contribution in [0.1, 0.15) is 43.0 Å². The van der Waals surface area contributed by atoms with E-state index < -0.39 is 0 Å². The molecule has 1 aromatic rings. The van der Waals surface area contributed by atoms with E-state index in [-0.39, 0.29) is 0 Å². The molecule has 0 saturated carbocycles. The number of thiophene rings is 1. The molecule has 0 aromatic carbocycles. The Hall–Kier alpha value is -0.380. The molecule has 0 aliphatic heterocycles. The normalized spacial score (nSPS) is 13.3. The SMILES string of the molecule is Cc1ccc(C(C)NCCCOC(C)C)s1. The lowest BCUT2D eigenvalue weighted by molar-refractivity contribution is 0.0768. The molecule has 1 heterocycles. The number of aryl methyl sites for hydroxylation is 1. The van der Waals surface area contributed by atoms with Crippen molar-refractivity contribution in [2.75, 3.05) is 13.2 Å². The van der Waals surface area contributed by atoms with E-state index in [0.29, 0.717) is 12.1 Å². The molecule has 2 nitrogen and oxygen atoms in total. The molecule has 1 rings (SSSR count). The van der Waals surface area contributed by atoms with Gasteiger partial charge in [0.15, 0.2) is 0 Å². The highest BCUT2D eigenvalue weighted by atomic mass is 32.1. The van der Waals surface area contributed by atoms with Crippen LogP contribution in [0.25, 0.3) is 0 Å². The van der Waals surface area contributed by atoms with Crippen LogP contribution in [-0.2, 0) is 4.74 Å². The van der Waals surface area contributed by atoms with Gasteiger partial charge in [-0.1, -0.05) is 0 Å². The largest absolute Gasteiger partial charge is 0.379 e. The third-order valence-electron chi connectivity index (χ3n) is 2.41. The zero-order valence-electron chi connectivity index (χ0n) is 10.7. The molecule has 1 N–H and O–H groups in total.